The highest BCUT2D eigenvalue weighted by atomic mass is 16.5. The van der Waals surface area contributed by atoms with Gasteiger partial charge in [0, 0.05) is 43.5 Å². The summed E-state index contributed by atoms with van der Waals surface area (Å²) in [6.45, 7) is 1.55. The molecule has 0 atom stereocenters. The van der Waals surface area contributed by atoms with Crippen LogP contribution in [0.15, 0.2) is 24.3 Å². The number of amides is 1. The van der Waals surface area contributed by atoms with Gasteiger partial charge in [-0.15, -0.1) is 0 Å². The fourth-order valence-electron chi connectivity index (χ4n) is 2.84. The van der Waals surface area contributed by atoms with Gasteiger partial charge in [0.05, 0.1) is 13.5 Å². The van der Waals surface area contributed by atoms with Gasteiger partial charge >= 0.3 is 5.97 Å². The van der Waals surface area contributed by atoms with Gasteiger partial charge in [0.25, 0.3) is 5.91 Å². The third-order valence-electron chi connectivity index (χ3n) is 4.12. The molecular weight excluding hydrogens is 308 g/mol. The number of benzene rings is 1. The van der Waals surface area contributed by atoms with Crippen molar-refractivity contribution in [3.8, 4) is 0 Å². The number of methoxy groups -OCH3 is 1. The minimum absolute atomic E-state index is 0.212. The first kappa shape index (κ1) is 16.2. The Morgan fingerprint density at radius 2 is 2.08 bits per heavy atom. The summed E-state index contributed by atoms with van der Waals surface area (Å²) in [5.74, 6) is -0.518. The van der Waals surface area contributed by atoms with Crippen LogP contribution in [0.5, 0.6) is 0 Å². The van der Waals surface area contributed by atoms with E-state index in [1.807, 2.05) is 7.05 Å². The van der Waals surface area contributed by atoms with Crippen LogP contribution in [-0.4, -0.2) is 35.3 Å². The van der Waals surface area contributed by atoms with E-state index >= 15 is 0 Å². The lowest BCUT2D eigenvalue weighted by Gasteiger charge is -2.14. The van der Waals surface area contributed by atoms with Crippen LogP contribution < -0.4 is 10.6 Å². The van der Waals surface area contributed by atoms with E-state index in [0.29, 0.717) is 17.9 Å². The fourth-order valence-corrected chi connectivity index (χ4v) is 2.84. The molecule has 126 valence electrons. The van der Waals surface area contributed by atoms with E-state index in [9.17, 15) is 9.59 Å². The van der Waals surface area contributed by atoms with Crippen LogP contribution in [0.3, 0.4) is 0 Å². The Labute approximate surface area is 140 Å². The fraction of sp³-hybridized carbons (Fsp3) is 0.353. The van der Waals surface area contributed by atoms with Crippen LogP contribution in [0, 0.1) is 0 Å². The van der Waals surface area contributed by atoms with Crippen LogP contribution in [0.25, 0.3) is 0 Å². The molecule has 2 heterocycles. The maximum atomic E-state index is 12.5. The van der Waals surface area contributed by atoms with Gasteiger partial charge < -0.3 is 15.4 Å². The Bertz CT molecular complexity index is 765. The Morgan fingerprint density at radius 1 is 1.33 bits per heavy atom. The summed E-state index contributed by atoms with van der Waals surface area (Å²) < 4.78 is 6.42. The predicted octanol–water partition coefficient (Wildman–Crippen LogP) is 1.03. The summed E-state index contributed by atoms with van der Waals surface area (Å²) in [7, 11) is 3.22. The molecule has 0 aliphatic carbocycles. The Balaban J connectivity index is 1.72. The zero-order valence-electron chi connectivity index (χ0n) is 13.8. The van der Waals surface area contributed by atoms with Crippen molar-refractivity contribution < 1.29 is 14.3 Å². The lowest BCUT2D eigenvalue weighted by atomic mass is 10.1. The number of nitrogens with zero attached hydrogens (tertiary/aromatic N) is 2. The molecule has 0 fully saturated rings. The number of aryl methyl sites for hydroxylation is 1. The average Bonchev–Trinajstić information content (AvgIpc) is 2.94. The van der Waals surface area contributed by atoms with Crippen molar-refractivity contribution in [1.82, 2.24) is 15.1 Å². The van der Waals surface area contributed by atoms with E-state index in [4.69, 9.17) is 0 Å². The second-order valence-corrected chi connectivity index (χ2v) is 5.73. The molecule has 7 nitrogen and oxygen atoms in total. The quantitative estimate of drug-likeness (QED) is 0.819. The number of carbonyl (C=O) groups excluding carboxylic acids is 2. The van der Waals surface area contributed by atoms with Gasteiger partial charge in [-0.05, 0) is 17.7 Å². The lowest BCUT2D eigenvalue weighted by molar-refractivity contribution is -0.139. The van der Waals surface area contributed by atoms with Crippen molar-refractivity contribution in [1.29, 1.82) is 0 Å². The lowest BCUT2D eigenvalue weighted by Crippen LogP contribution is -2.26. The summed E-state index contributed by atoms with van der Waals surface area (Å²) in [6, 6.07) is 7.12. The number of carbonyl (C=O) groups is 2. The molecule has 0 unspecified atom stereocenters. The van der Waals surface area contributed by atoms with Crippen molar-refractivity contribution in [2.24, 2.45) is 7.05 Å². The Kier molecular flexibility index (Phi) is 4.61. The summed E-state index contributed by atoms with van der Waals surface area (Å²) >= 11 is 0. The van der Waals surface area contributed by atoms with Gasteiger partial charge in [-0.25, -0.2) is 0 Å². The van der Waals surface area contributed by atoms with Gasteiger partial charge in [-0.2, -0.15) is 5.10 Å². The number of hydrogen-bond acceptors (Lipinski definition) is 5. The van der Waals surface area contributed by atoms with E-state index < -0.39 is 0 Å². The zero-order valence-corrected chi connectivity index (χ0v) is 13.8. The summed E-state index contributed by atoms with van der Waals surface area (Å²) in [5.41, 5.74) is 4.02. The molecule has 0 saturated heterocycles. The molecule has 1 aliphatic rings. The minimum atomic E-state index is -0.292. The normalized spacial score (nSPS) is 13.2. The van der Waals surface area contributed by atoms with Crippen molar-refractivity contribution in [3.63, 3.8) is 0 Å². The minimum Gasteiger partial charge on any atom is -0.469 e. The maximum Gasteiger partial charge on any atom is 0.309 e. The number of fused-ring (bicyclic) bond motifs is 1. The van der Waals surface area contributed by atoms with Crippen LogP contribution >= 0.6 is 0 Å². The molecule has 1 aromatic carbocycles. The molecule has 1 amide bonds. The number of anilines is 1. The molecule has 3 rings (SSSR count). The van der Waals surface area contributed by atoms with Crippen molar-refractivity contribution in [2.75, 3.05) is 19.0 Å². The number of aromatic nitrogens is 2. The maximum absolute atomic E-state index is 12.5. The van der Waals surface area contributed by atoms with Crippen LogP contribution in [0.4, 0.5) is 5.69 Å². The molecular formula is C17H20N4O3. The van der Waals surface area contributed by atoms with Gasteiger partial charge in [0.15, 0.2) is 5.69 Å². The molecule has 24 heavy (non-hydrogen) atoms. The number of rotatable bonds is 4. The molecule has 0 radical (unpaired) electrons. The first-order valence-corrected chi connectivity index (χ1v) is 7.81. The second kappa shape index (κ2) is 6.84. The first-order chi connectivity index (χ1) is 11.6. The van der Waals surface area contributed by atoms with E-state index in [1.165, 1.54) is 7.11 Å². The monoisotopic (exact) mass is 328 g/mol. The van der Waals surface area contributed by atoms with Gasteiger partial charge in [-0.1, -0.05) is 12.1 Å². The molecule has 7 heteroatoms. The predicted molar refractivity (Wildman–Crippen MR) is 88.7 cm³/mol. The van der Waals surface area contributed by atoms with E-state index in [0.717, 1.165) is 29.8 Å². The van der Waals surface area contributed by atoms with Crippen molar-refractivity contribution in [3.05, 3.63) is 46.8 Å². The molecule has 0 bridgehead atoms. The van der Waals surface area contributed by atoms with Gasteiger partial charge in [0.1, 0.15) is 0 Å². The summed E-state index contributed by atoms with van der Waals surface area (Å²) in [4.78, 5) is 23.8. The third kappa shape index (κ3) is 3.30. The topological polar surface area (TPSA) is 85.2 Å². The largest absolute Gasteiger partial charge is 0.469 e. The number of ether oxygens (including phenoxy) is 1. The Hall–Kier alpha value is -2.67. The second-order valence-electron chi connectivity index (χ2n) is 5.73. The molecule has 1 aromatic heterocycles. The molecule has 0 spiro atoms. The van der Waals surface area contributed by atoms with E-state index in [1.54, 1.807) is 28.9 Å². The third-order valence-corrected chi connectivity index (χ3v) is 4.12. The average molecular weight is 328 g/mol. The van der Waals surface area contributed by atoms with Gasteiger partial charge in [0.2, 0.25) is 0 Å². The first-order valence-electron chi connectivity index (χ1n) is 7.81. The molecule has 1 aliphatic heterocycles. The zero-order chi connectivity index (χ0) is 17.1. The van der Waals surface area contributed by atoms with Crippen LogP contribution in [0.1, 0.15) is 27.3 Å². The molecule has 0 saturated carbocycles. The van der Waals surface area contributed by atoms with E-state index in [2.05, 4.69) is 20.5 Å². The highest BCUT2D eigenvalue weighted by Gasteiger charge is 2.23. The smallest absolute Gasteiger partial charge is 0.309 e. The van der Waals surface area contributed by atoms with Crippen LogP contribution in [0.2, 0.25) is 0 Å². The van der Waals surface area contributed by atoms with Crippen molar-refractivity contribution >= 4 is 17.6 Å². The standard InChI is InChI=1S/C17H20N4O3/c1-21-14-7-8-18-10-13(14)16(20-21)17(23)19-12-5-3-11(4-6-12)9-15(22)24-2/h3-6,18H,7-10H2,1-2H3,(H,19,23). The van der Waals surface area contributed by atoms with Gasteiger partial charge in [-0.3, -0.25) is 14.3 Å². The highest BCUT2D eigenvalue weighted by Crippen LogP contribution is 2.19. The number of hydrogen-bond donors (Lipinski definition) is 2. The Morgan fingerprint density at radius 3 is 2.79 bits per heavy atom. The molecule has 2 aromatic rings. The molecule has 2 N–H and O–H groups in total. The SMILES string of the molecule is COC(=O)Cc1ccc(NC(=O)c2nn(C)c3c2CNCC3)cc1. The summed E-state index contributed by atoms with van der Waals surface area (Å²) in [5, 5.41) is 10.5. The number of esters is 1. The summed E-state index contributed by atoms with van der Waals surface area (Å²) in [6.07, 6.45) is 1.08. The highest BCUT2D eigenvalue weighted by molar-refractivity contribution is 6.04. The van der Waals surface area contributed by atoms with Crippen LogP contribution in [-0.2, 0) is 36.0 Å². The van der Waals surface area contributed by atoms with E-state index in [-0.39, 0.29) is 18.3 Å². The van der Waals surface area contributed by atoms with Crippen molar-refractivity contribution in [2.45, 2.75) is 19.4 Å². The number of nitrogens with one attached hydrogen (secondary N) is 2.